The Balaban J connectivity index is 1.18. The Labute approximate surface area is 182 Å². The Morgan fingerprint density at radius 2 is 1.87 bits per heavy atom. The first kappa shape index (κ1) is 20.9. The lowest BCUT2D eigenvalue weighted by atomic mass is 10.1. The number of ether oxygens (including phenoxy) is 1. The fourth-order valence-electron chi connectivity index (χ4n) is 3.85. The largest absolute Gasteiger partial charge is 0.491 e. The van der Waals surface area contributed by atoms with E-state index in [4.69, 9.17) is 4.74 Å². The second kappa shape index (κ2) is 9.64. The highest BCUT2D eigenvalue weighted by Crippen LogP contribution is 2.36. The summed E-state index contributed by atoms with van der Waals surface area (Å²) in [6.07, 6.45) is 4.35. The van der Waals surface area contributed by atoms with E-state index in [1.54, 1.807) is 4.90 Å². The molecule has 2 aromatic rings. The van der Waals surface area contributed by atoms with Crippen molar-refractivity contribution >= 4 is 29.1 Å². The molecule has 4 rings (SSSR count). The molecule has 31 heavy (non-hydrogen) atoms. The number of anilines is 1. The van der Waals surface area contributed by atoms with Crippen LogP contribution in [0.3, 0.4) is 0 Å². The van der Waals surface area contributed by atoms with Crippen molar-refractivity contribution in [2.24, 2.45) is 4.99 Å². The minimum atomic E-state index is -0.0255. The van der Waals surface area contributed by atoms with Gasteiger partial charge in [-0.1, -0.05) is 43.2 Å². The zero-order valence-corrected chi connectivity index (χ0v) is 17.8. The Morgan fingerprint density at radius 1 is 1.06 bits per heavy atom. The number of rotatable bonds is 9. The summed E-state index contributed by atoms with van der Waals surface area (Å²) in [4.78, 5) is 32.2. The van der Waals surface area contributed by atoms with Crippen LogP contribution in [0.15, 0.2) is 53.5 Å². The Bertz CT molecular complexity index is 974. The molecule has 2 amide bonds. The molecule has 0 atom stereocenters. The Kier molecular flexibility index (Phi) is 6.50. The van der Waals surface area contributed by atoms with Crippen LogP contribution in [0.1, 0.15) is 37.7 Å². The summed E-state index contributed by atoms with van der Waals surface area (Å²) in [5.41, 5.74) is 2.81. The van der Waals surface area contributed by atoms with Crippen LogP contribution in [-0.2, 0) is 16.1 Å². The molecule has 0 spiro atoms. The minimum Gasteiger partial charge on any atom is -0.491 e. The summed E-state index contributed by atoms with van der Waals surface area (Å²) in [5, 5.41) is 2.79. The first-order valence-corrected chi connectivity index (χ1v) is 10.8. The molecular weight excluding hydrogens is 392 g/mol. The van der Waals surface area contributed by atoms with E-state index < -0.39 is 0 Å². The maximum Gasteiger partial charge on any atom is 0.246 e. The van der Waals surface area contributed by atoms with E-state index in [0.717, 1.165) is 48.4 Å². The molecule has 2 aromatic carbocycles. The lowest BCUT2D eigenvalue weighted by Gasteiger charge is -2.24. The zero-order valence-electron chi connectivity index (χ0n) is 17.8. The van der Waals surface area contributed by atoms with Crippen LogP contribution >= 0.6 is 0 Å². The number of hydrogen-bond acceptors (Lipinski definition) is 5. The van der Waals surface area contributed by atoms with Crippen LogP contribution in [0, 0.1) is 0 Å². The van der Waals surface area contributed by atoms with Gasteiger partial charge >= 0.3 is 0 Å². The molecule has 0 radical (unpaired) electrons. The first-order valence-electron chi connectivity index (χ1n) is 10.8. The van der Waals surface area contributed by atoms with Crippen LogP contribution < -0.4 is 15.0 Å². The highest BCUT2D eigenvalue weighted by molar-refractivity contribution is 6.06. The molecule has 162 valence electrons. The molecule has 0 aromatic heterocycles. The van der Waals surface area contributed by atoms with Gasteiger partial charge < -0.3 is 14.5 Å². The van der Waals surface area contributed by atoms with E-state index >= 15 is 0 Å². The highest BCUT2D eigenvalue weighted by Gasteiger charge is 2.30. The average Bonchev–Trinajstić information content (AvgIpc) is 3.15. The second-order valence-corrected chi connectivity index (χ2v) is 7.90. The minimum absolute atomic E-state index is 0.0255. The van der Waals surface area contributed by atoms with Crippen molar-refractivity contribution < 1.29 is 14.3 Å². The van der Waals surface area contributed by atoms with E-state index in [2.05, 4.69) is 10.3 Å². The monoisotopic (exact) mass is 420 g/mol. The van der Waals surface area contributed by atoms with E-state index in [9.17, 15) is 9.59 Å². The summed E-state index contributed by atoms with van der Waals surface area (Å²) in [6, 6.07) is 15.6. The quantitative estimate of drug-likeness (QED) is 0.629. The van der Waals surface area contributed by atoms with Gasteiger partial charge in [-0.05, 0) is 31.0 Å². The fourth-order valence-corrected chi connectivity index (χ4v) is 3.85. The number of hydrogen-bond donors (Lipinski definition) is 1. The summed E-state index contributed by atoms with van der Waals surface area (Å²) in [5.74, 6) is 1.48. The van der Waals surface area contributed by atoms with E-state index in [-0.39, 0.29) is 11.8 Å². The summed E-state index contributed by atoms with van der Waals surface area (Å²) in [7, 11) is 1.83. The van der Waals surface area contributed by atoms with Crippen molar-refractivity contribution in [1.29, 1.82) is 0 Å². The number of aliphatic imine (C=N–C) groups is 1. The van der Waals surface area contributed by atoms with E-state index in [0.29, 0.717) is 32.1 Å². The topological polar surface area (TPSA) is 74.2 Å². The number of nitrogens with zero attached hydrogens (tertiary/aromatic N) is 3. The van der Waals surface area contributed by atoms with Gasteiger partial charge in [-0.3, -0.25) is 14.9 Å². The van der Waals surface area contributed by atoms with Gasteiger partial charge in [0.05, 0.1) is 6.61 Å². The average molecular weight is 421 g/mol. The molecule has 7 heteroatoms. The fraction of sp³-hybridized carbons (Fsp3) is 0.375. The zero-order chi connectivity index (χ0) is 21.6. The van der Waals surface area contributed by atoms with Gasteiger partial charge in [-0.15, -0.1) is 0 Å². The van der Waals surface area contributed by atoms with Crippen molar-refractivity contribution in [3.8, 4) is 5.75 Å². The highest BCUT2D eigenvalue weighted by atomic mass is 16.5. The number of benzene rings is 2. The number of amides is 2. The van der Waals surface area contributed by atoms with Gasteiger partial charge in [0.15, 0.2) is 0 Å². The van der Waals surface area contributed by atoms with Gasteiger partial charge in [-0.25, -0.2) is 4.99 Å². The Hall–Kier alpha value is -3.35. The van der Waals surface area contributed by atoms with Gasteiger partial charge in [-0.2, -0.15) is 0 Å². The number of nitrogens with one attached hydrogen (secondary N) is 1. The van der Waals surface area contributed by atoms with Crippen LogP contribution in [0.2, 0.25) is 0 Å². The molecule has 0 aliphatic carbocycles. The molecule has 0 bridgehead atoms. The molecule has 1 fully saturated rings. The van der Waals surface area contributed by atoms with E-state index in [1.165, 1.54) is 0 Å². The number of carbonyl (C=O) groups is 2. The van der Waals surface area contributed by atoms with Crippen LogP contribution in [-0.4, -0.2) is 42.9 Å². The smallest absolute Gasteiger partial charge is 0.246 e. The summed E-state index contributed by atoms with van der Waals surface area (Å²) >= 11 is 0. The SMILES string of the molecule is CN(C(=O)CCCCCCOc1cccc2c1N=C1NC(=O)CN1C2)c1ccccc1. The van der Waals surface area contributed by atoms with Gasteiger partial charge in [0.25, 0.3) is 0 Å². The molecule has 1 saturated heterocycles. The molecule has 2 aliphatic heterocycles. The van der Waals surface area contributed by atoms with E-state index in [1.807, 2.05) is 60.5 Å². The van der Waals surface area contributed by atoms with Crippen molar-refractivity contribution in [3.63, 3.8) is 0 Å². The van der Waals surface area contributed by atoms with Crippen molar-refractivity contribution in [3.05, 3.63) is 54.1 Å². The standard InChI is InChI=1S/C24H28N4O3/c1-27(19-11-5-4-6-12-19)22(30)14-7-2-3-8-15-31-20-13-9-10-18-16-28-17-21(29)25-24(28)26-23(18)20/h4-6,9-13H,2-3,7-8,14-17H2,1H3,(H,25,26,29). The second-order valence-electron chi connectivity index (χ2n) is 7.90. The molecule has 1 N–H and O–H groups in total. The summed E-state index contributed by atoms with van der Waals surface area (Å²) < 4.78 is 5.99. The third-order valence-corrected chi connectivity index (χ3v) is 5.61. The number of para-hydroxylation sites is 2. The maximum absolute atomic E-state index is 12.3. The maximum atomic E-state index is 12.3. The molecule has 0 saturated carbocycles. The molecule has 2 heterocycles. The van der Waals surface area contributed by atoms with Crippen LogP contribution in [0.25, 0.3) is 0 Å². The third kappa shape index (κ3) is 5.05. The van der Waals surface area contributed by atoms with Crippen LogP contribution in [0.4, 0.5) is 11.4 Å². The first-order chi connectivity index (χ1) is 15.1. The van der Waals surface area contributed by atoms with Gasteiger partial charge in [0, 0.05) is 31.3 Å². The molecular formula is C24H28N4O3. The Morgan fingerprint density at radius 3 is 2.71 bits per heavy atom. The van der Waals surface area contributed by atoms with Crippen molar-refractivity contribution in [2.75, 3.05) is 25.1 Å². The summed E-state index contributed by atoms with van der Waals surface area (Å²) in [6.45, 7) is 1.62. The van der Waals surface area contributed by atoms with Crippen molar-refractivity contribution in [1.82, 2.24) is 10.2 Å². The van der Waals surface area contributed by atoms with Gasteiger partial charge in [0.1, 0.15) is 18.0 Å². The number of guanidine groups is 1. The molecule has 7 nitrogen and oxygen atoms in total. The van der Waals surface area contributed by atoms with Crippen molar-refractivity contribution in [2.45, 2.75) is 38.6 Å². The predicted octanol–water partition coefficient (Wildman–Crippen LogP) is 3.61. The lowest BCUT2D eigenvalue weighted by molar-refractivity contribution is -0.119. The predicted molar refractivity (Wildman–Crippen MR) is 121 cm³/mol. The normalized spacial score (nSPS) is 14.4. The van der Waals surface area contributed by atoms with Gasteiger partial charge in [0.2, 0.25) is 17.8 Å². The number of carbonyl (C=O) groups excluding carboxylic acids is 2. The lowest BCUT2D eigenvalue weighted by Crippen LogP contribution is -2.32. The molecule has 2 aliphatic rings. The number of fused-ring (bicyclic) bond motifs is 2. The number of unbranched alkanes of at least 4 members (excludes halogenated alkanes) is 3. The molecule has 0 unspecified atom stereocenters. The van der Waals surface area contributed by atoms with Crippen LogP contribution in [0.5, 0.6) is 5.75 Å². The third-order valence-electron chi connectivity index (χ3n) is 5.61.